The molecule has 0 bridgehead atoms. The number of hydrogen-bond donors (Lipinski definition) is 0. The summed E-state index contributed by atoms with van der Waals surface area (Å²) in [6, 6.07) is 8.02. The van der Waals surface area contributed by atoms with E-state index in [1.165, 1.54) is 4.90 Å². The van der Waals surface area contributed by atoms with Gasteiger partial charge in [0.25, 0.3) is 11.8 Å². The van der Waals surface area contributed by atoms with Gasteiger partial charge in [0.05, 0.1) is 28.5 Å². The van der Waals surface area contributed by atoms with E-state index in [0.29, 0.717) is 23.6 Å². The Morgan fingerprint density at radius 3 is 1.80 bits per heavy atom. The molecule has 1 aliphatic heterocycles. The van der Waals surface area contributed by atoms with Crippen molar-refractivity contribution in [2.24, 2.45) is 5.92 Å². The lowest BCUT2D eigenvalue weighted by atomic mass is 9.99. The van der Waals surface area contributed by atoms with Crippen LogP contribution in [0.1, 0.15) is 60.2 Å². The Hall–Kier alpha value is -0.800. The maximum atomic E-state index is 13.5. The van der Waals surface area contributed by atoms with Gasteiger partial charge in [-0.1, -0.05) is 33.1 Å². The number of nitrogens with zero attached hydrogens (tertiary/aromatic N) is 1. The smallest absolute Gasteiger partial charge is 0.263 e. The maximum absolute atomic E-state index is 13.5. The Kier molecular flexibility index (Phi) is 6.99. The number of unbranched alkanes of at least 4 members (excludes halogenated alkanes) is 1. The second kappa shape index (κ2) is 9.36. The summed E-state index contributed by atoms with van der Waals surface area (Å²) in [7, 11) is 0. The molecule has 30 heavy (non-hydrogen) atoms. The van der Waals surface area contributed by atoms with Crippen LogP contribution in [0.15, 0.2) is 31.8 Å². The van der Waals surface area contributed by atoms with Crippen molar-refractivity contribution < 1.29 is 9.59 Å². The van der Waals surface area contributed by atoms with Gasteiger partial charge in [0, 0.05) is 16.3 Å². The fourth-order valence-electron chi connectivity index (χ4n) is 3.76. The van der Waals surface area contributed by atoms with E-state index < -0.39 is 0 Å². The molecule has 4 rings (SSSR count). The second-order valence-corrected chi connectivity index (χ2v) is 13.3. The number of carbonyl (C=O) groups excluding carboxylic acids is 2. The van der Waals surface area contributed by atoms with Gasteiger partial charge in [0.15, 0.2) is 0 Å². The molecule has 1 atom stereocenters. The predicted octanol–water partition coefficient (Wildman–Crippen LogP) is 8.54. The Bertz CT molecular complexity index is 1020. The summed E-state index contributed by atoms with van der Waals surface area (Å²) in [6.07, 6.45) is 4.27. The van der Waals surface area contributed by atoms with E-state index in [9.17, 15) is 9.59 Å². The standard InChI is InChI=1S/C22H21Br2NO2S3/c1-3-5-6-12(4-2)11-25-21(26)17-18(22(25)27)20(14-8-10-16(24)29-14)30-19(17)13-7-9-15(23)28-13/h7-10,12H,3-6,11H2,1-2H3. The van der Waals surface area contributed by atoms with Crippen LogP contribution in [0, 0.1) is 5.92 Å². The Labute approximate surface area is 205 Å². The van der Waals surface area contributed by atoms with Gasteiger partial charge in [0.2, 0.25) is 0 Å². The molecular weight excluding hydrogens is 566 g/mol. The van der Waals surface area contributed by atoms with Crippen molar-refractivity contribution in [3.05, 3.63) is 43.0 Å². The number of fused-ring (bicyclic) bond motifs is 1. The lowest BCUT2D eigenvalue weighted by Gasteiger charge is -2.21. The van der Waals surface area contributed by atoms with Crippen LogP contribution in [0.3, 0.4) is 0 Å². The third-order valence-corrected chi connectivity index (χ3v) is 10.2. The zero-order valence-corrected chi connectivity index (χ0v) is 22.3. The molecule has 8 heteroatoms. The van der Waals surface area contributed by atoms with Crippen LogP contribution in [-0.4, -0.2) is 23.3 Å². The van der Waals surface area contributed by atoms with Crippen LogP contribution in [0.25, 0.3) is 19.5 Å². The largest absolute Gasteiger partial charge is 0.274 e. The molecular formula is C22H21Br2NO2S3. The van der Waals surface area contributed by atoms with Crippen molar-refractivity contribution in [1.29, 1.82) is 0 Å². The first-order valence-electron chi connectivity index (χ1n) is 9.98. The highest BCUT2D eigenvalue weighted by atomic mass is 79.9. The molecule has 0 aliphatic carbocycles. The van der Waals surface area contributed by atoms with Gasteiger partial charge in [0.1, 0.15) is 0 Å². The monoisotopic (exact) mass is 585 g/mol. The lowest BCUT2D eigenvalue weighted by Crippen LogP contribution is -2.34. The minimum absolute atomic E-state index is 0.136. The summed E-state index contributed by atoms with van der Waals surface area (Å²) in [6.45, 7) is 4.82. The number of amides is 2. The van der Waals surface area contributed by atoms with E-state index in [1.807, 2.05) is 24.3 Å². The number of rotatable bonds is 8. The van der Waals surface area contributed by atoms with Crippen LogP contribution < -0.4 is 0 Å². The quantitative estimate of drug-likeness (QED) is 0.248. The fourth-order valence-corrected chi connectivity index (χ4v) is 8.05. The lowest BCUT2D eigenvalue weighted by molar-refractivity contribution is 0.0624. The van der Waals surface area contributed by atoms with Gasteiger partial charge in [-0.05, 0) is 68.5 Å². The summed E-state index contributed by atoms with van der Waals surface area (Å²) in [5.41, 5.74) is 1.17. The van der Waals surface area contributed by atoms with Gasteiger partial charge in [-0.3, -0.25) is 14.5 Å². The van der Waals surface area contributed by atoms with Crippen LogP contribution in [0.4, 0.5) is 0 Å². The number of imide groups is 1. The van der Waals surface area contributed by atoms with Gasteiger partial charge in [-0.2, -0.15) is 0 Å². The second-order valence-electron chi connectivity index (χ2n) is 7.36. The topological polar surface area (TPSA) is 37.4 Å². The summed E-state index contributed by atoms with van der Waals surface area (Å²) >= 11 is 11.8. The van der Waals surface area contributed by atoms with Crippen LogP contribution in [0.2, 0.25) is 0 Å². The molecule has 0 spiro atoms. The predicted molar refractivity (Wildman–Crippen MR) is 135 cm³/mol. The van der Waals surface area contributed by atoms with E-state index in [-0.39, 0.29) is 11.8 Å². The van der Waals surface area contributed by atoms with Crippen LogP contribution in [0.5, 0.6) is 0 Å². The number of hydrogen-bond acceptors (Lipinski definition) is 5. The molecule has 0 saturated heterocycles. The summed E-state index contributed by atoms with van der Waals surface area (Å²) < 4.78 is 2.03. The molecule has 1 unspecified atom stereocenters. The first-order valence-corrected chi connectivity index (χ1v) is 14.0. The van der Waals surface area contributed by atoms with Gasteiger partial charge in [-0.25, -0.2) is 0 Å². The molecule has 0 radical (unpaired) electrons. The highest BCUT2D eigenvalue weighted by molar-refractivity contribution is 9.11. The molecule has 3 nitrogen and oxygen atoms in total. The summed E-state index contributed by atoms with van der Waals surface area (Å²) in [5.74, 6) is 0.0781. The number of carbonyl (C=O) groups is 2. The SMILES string of the molecule is CCCCC(CC)CN1C(=O)c2c(-c3ccc(Br)s3)sc(-c3ccc(Br)s3)c2C1=O. The van der Waals surface area contributed by atoms with Crippen molar-refractivity contribution >= 4 is 77.7 Å². The third-order valence-electron chi connectivity index (χ3n) is 5.40. The first-order chi connectivity index (χ1) is 14.4. The number of halogens is 2. The minimum atomic E-state index is -0.136. The molecule has 3 aromatic rings. The van der Waals surface area contributed by atoms with Gasteiger partial charge < -0.3 is 0 Å². The van der Waals surface area contributed by atoms with Crippen molar-refractivity contribution in [3.63, 3.8) is 0 Å². The molecule has 158 valence electrons. The minimum Gasteiger partial charge on any atom is -0.274 e. The Morgan fingerprint density at radius 1 is 0.867 bits per heavy atom. The molecule has 0 N–H and O–H groups in total. The zero-order chi connectivity index (χ0) is 21.4. The molecule has 4 heterocycles. The molecule has 3 aromatic heterocycles. The van der Waals surface area contributed by atoms with E-state index in [4.69, 9.17) is 0 Å². The molecule has 2 amide bonds. The third kappa shape index (κ3) is 4.13. The highest BCUT2D eigenvalue weighted by Crippen LogP contribution is 2.50. The molecule has 0 aromatic carbocycles. The molecule has 0 fully saturated rings. The first kappa shape index (κ1) is 22.4. The van der Waals surface area contributed by atoms with Crippen molar-refractivity contribution in [1.82, 2.24) is 4.90 Å². The van der Waals surface area contributed by atoms with Crippen molar-refractivity contribution in [2.45, 2.75) is 39.5 Å². The maximum Gasteiger partial charge on any atom is 0.263 e. The summed E-state index contributed by atoms with van der Waals surface area (Å²) in [5, 5.41) is 0. The van der Waals surface area contributed by atoms with E-state index >= 15 is 0 Å². The van der Waals surface area contributed by atoms with Crippen LogP contribution in [-0.2, 0) is 0 Å². The average Bonchev–Trinajstić information content (AvgIpc) is 3.48. The molecule has 0 saturated carbocycles. The number of thiophene rings is 3. The van der Waals surface area contributed by atoms with Crippen molar-refractivity contribution in [3.8, 4) is 19.5 Å². The van der Waals surface area contributed by atoms with Crippen LogP contribution >= 0.6 is 65.9 Å². The van der Waals surface area contributed by atoms with E-state index in [1.54, 1.807) is 34.0 Å². The Morgan fingerprint density at radius 2 is 1.40 bits per heavy atom. The highest BCUT2D eigenvalue weighted by Gasteiger charge is 2.43. The summed E-state index contributed by atoms with van der Waals surface area (Å²) in [4.78, 5) is 32.3. The normalized spacial score (nSPS) is 14.6. The fraction of sp³-hybridized carbons (Fsp3) is 0.364. The zero-order valence-electron chi connectivity index (χ0n) is 16.7. The molecule has 1 aliphatic rings. The van der Waals surface area contributed by atoms with Crippen molar-refractivity contribution in [2.75, 3.05) is 6.54 Å². The Balaban J connectivity index is 1.78. The van der Waals surface area contributed by atoms with Gasteiger partial charge in [-0.15, -0.1) is 34.0 Å². The average molecular weight is 587 g/mol. The van der Waals surface area contributed by atoms with Gasteiger partial charge >= 0.3 is 0 Å². The van der Waals surface area contributed by atoms with E-state index in [0.717, 1.165) is 52.8 Å². The van der Waals surface area contributed by atoms with E-state index in [2.05, 4.69) is 45.7 Å².